The second kappa shape index (κ2) is 6.49. The predicted molar refractivity (Wildman–Crippen MR) is 85.2 cm³/mol. The van der Waals surface area contributed by atoms with E-state index in [1.165, 1.54) is 12.8 Å². The molecule has 0 aromatic heterocycles. The van der Waals surface area contributed by atoms with Crippen LogP contribution in [0.25, 0.3) is 0 Å². The van der Waals surface area contributed by atoms with Crippen LogP contribution in [0.15, 0.2) is 24.3 Å². The van der Waals surface area contributed by atoms with Crippen LogP contribution < -0.4 is 15.8 Å². The smallest absolute Gasteiger partial charge is 0.141 e. The zero-order valence-corrected chi connectivity index (χ0v) is 13.0. The Morgan fingerprint density at radius 1 is 1.30 bits per heavy atom. The van der Waals surface area contributed by atoms with E-state index in [1.807, 2.05) is 18.2 Å². The van der Waals surface area contributed by atoms with Crippen molar-refractivity contribution in [3.05, 3.63) is 24.3 Å². The number of hydrogen-bond donors (Lipinski definition) is 2. The van der Waals surface area contributed by atoms with E-state index >= 15 is 0 Å². The number of benzene rings is 1. The van der Waals surface area contributed by atoms with Crippen LogP contribution >= 0.6 is 0 Å². The minimum atomic E-state index is 0.0278. The summed E-state index contributed by atoms with van der Waals surface area (Å²) >= 11 is 0. The first-order valence-electron chi connectivity index (χ1n) is 7.71. The monoisotopic (exact) mass is 276 g/mol. The van der Waals surface area contributed by atoms with Crippen LogP contribution in [-0.2, 0) is 0 Å². The van der Waals surface area contributed by atoms with Gasteiger partial charge in [-0.3, -0.25) is 0 Å². The van der Waals surface area contributed by atoms with Gasteiger partial charge in [0.05, 0.1) is 12.8 Å². The fourth-order valence-electron chi connectivity index (χ4n) is 3.27. The summed E-state index contributed by atoms with van der Waals surface area (Å²) in [4.78, 5) is 0. The van der Waals surface area contributed by atoms with Gasteiger partial charge in [-0.05, 0) is 49.7 Å². The van der Waals surface area contributed by atoms with Gasteiger partial charge in [0, 0.05) is 12.1 Å². The standard InChI is InChI=1S/C17H28N2O/c1-13(2)14-8-10-17(12-18,11-9-14)19-15-6-4-5-7-16(15)20-3/h4-7,13-14,19H,8-12,18H2,1-3H3. The normalized spacial score (nSPS) is 26.6. The molecule has 0 atom stereocenters. The molecule has 0 bridgehead atoms. The molecule has 0 heterocycles. The fourth-order valence-corrected chi connectivity index (χ4v) is 3.27. The Labute approximate surface area is 122 Å². The van der Waals surface area contributed by atoms with Crippen molar-refractivity contribution < 1.29 is 4.74 Å². The minimum absolute atomic E-state index is 0.0278. The minimum Gasteiger partial charge on any atom is -0.495 e. The molecule has 3 heteroatoms. The van der Waals surface area contributed by atoms with Gasteiger partial charge in [-0.1, -0.05) is 26.0 Å². The number of nitrogens with one attached hydrogen (secondary N) is 1. The van der Waals surface area contributed by atoms with Crippen molar-refractivity contribution in [1.29, 1.82) is 0 Å². The lowest BCUT2D eigenvalue weighted by atomic mass is 9.72. The van der Waals surface area contributed by atoms with Gasteiger partial charge in [0.15, 0.2) is 0 Å². The fraction of sp³-hybridized carbons (Fsp3) is 0.647. The molecule has 0 unspecified atom stereocenters. The quantitative estimate of drug-likeness (QED) is 0.863. The lowest BCUT2D eigenvalue weighted by Crippen LogP contribution is -2.48. The van der Waals surface area contributed by atoms with Crippen LogP contribution in [0.3, 0.4) is 0 Å². The highest BCUT2D eigenvalue weighted by Gasteiger charge is 2.35. The van der Waals surface area contributed by atoms with Gasteiger partial charge < -0.3 is 15.8 Å². The molecule has 1 aliphatic carbocycles. The molecular weight excluding hydrogens is 248 g/mol. The maximum absolute atomic E-state index is 6.10. The van der Waals surface area contributed by atoms with Gasteiger partial charge in [-0.25, -0.2) is 0 Å². The largest absolute Gasteiger partial charge is 0.495 e. The summed E-state index contributed by atoms with van der Waals surface area (Å²) in [5, 5.41) is 3.67. The average molecular weight is 276 g/mol. The molecule has 112 valence electrons. The Balaban J connectivity index is 2.09. The Hall–Kier alpha value is -1.22. The van der Waals surface area contributed by atoms with Crippen molar-refractivity contribution in [2.24, 2.45) is 17.6 Å². The van der Waals surface area contributed by atoms with Crippen molar-refractivity contribution in [2.45, 2.75) is 45.1 Å². The van der Waals surface area contributed by atoms with E-state index in [0.29, 0.717) is 6.54 Å². The zero-order valence-electron chi connectivity index (χ0n) is 13.0. The Bertz CT molecular complexity index is 423. The van der Waals surface area contributed by atoms with Crippen molar-refractivity contribution in [3.8, 4) is 5.75 Å². The molecule has 1 aliphatic rings. The highest BCUT2D eigenvalue weighted by molar-refractivity contribution is 5.57. The van der Waals surface area contributed by atoms with E-state index in [9.17, 15) is 0 Å². The second-order valence-corrected chi connectivity index (χ2v) is 6.39. The van der Waals surface area contributed by atoms with Crippen molar-refractivity contribution in [3.63, 3.8) is 0 Å². The maximum atomic E-state index is 6.10. The summed E-state index contributed by atoms with van der Waals surface area (Å²) < 4.78 is 5.43. The Kier molecular flexibility index (Phi) is 4.92. The second-order valence-electron chi connectivity index (χ2n) is 6.39. The van der Waals surface area contributed by atoms with Gasteiger partial charge in [0.1, 0.15) is 5.75 Å². The van der Waals surface area contributed by atoms with Crippen LogP contribution in [0.4, 0.5) is 5.69 Å². The number of hydrogen-bond acceptors (Lipinski definition) is 3. The van der Waals surface area contributed by atoms with E-state index in [2.05, 4.69) is 25.2 Å². The van der Waals surface area contributed by atoms with Crippen LogP contribution in [0, 0.1) is 11.8 Å². The molecule has 20 heavy (non-hydrogen) atoms. The predicted octanol–water partition coefficient (Wildman–Crippen LogP) is 3.65. The van der Waals surface area contributed by atoms with E-state index in [0.717, 1.165) is 36.1 Å². The molecule has 0 saturated heterocycles. The summed E-state index contributed by atoms with van der Waals surface area (Å²) in [6.07, 6.45) is 4.81. The molecule has 1 aromatic rings. The van der Waals surface area contributed by atoms with E-state index in [4.69, 9.17) is 10.5 Å². The topological polar surface area (TPSA) is 47.3 Å². The molecule has 3 N–H and O–H groups in total. The maximum Gasteiger partial charge on any atom is 0.141 e. The molecule has 0 aliphatic heterocycles. The lowest BCUT2D eigenvalue weighted by Gasteiger charge is -2.42. The number of anilines is 1. The molecular formula is C17H28N2O. The Morgan fingerprint density at radius 3 is 2.50 bits per heavy atom. The van der Waals surface area contributed by atoms with Crippen LogP contribution in [0.5, 0.6) is 5.75 Å². The van der Waals surface area contributed by atoms with Crippen LogP contribution in [0.1, 0.15) is 39.5 Å². The Morgan fingerprint density at radius 2 is 1.95 bits per heavy atom. The van der Waals surface area contributed by atoms with Gasteiger partial charge in [-0.2, -0.15) is 0 Å². The van der Waals surface area contributed by atoms with E-state index < -0.39 is 0 Å². The summed E-state index contributed by atoms with van der Waals surface area (Å²) in [6, 6.07) is 8.10. The summed E-state index contributed by atoms with van der Waals surface area (Å²) in [7, 11) is 1.71. The molecule has 0 spiro atoms. The molecule has 2 rings (SSSR count). The molecule has 1 aromatic carbocycles. The summed E-state index contributed by atoms with van der Waals surface area (Å²) in [5.74, 6) is 2.51. The van der Waals surface area contributed by atoms with Crippen molar-refractivity contribution >= 4 is 5.69 Å². The highest BCUT2D eigenvalue weighted by Crippen LogP contribution is 2.38. The lowest BCUT2D eigenvalue weighted by molar-refractivity contribution is 0.213. The molecule has 0 amide bonds. The molecule has 1 fully saturated rings. The zero-order chi connectivity index (χ0) is 14.6. The number of methoxy groups -OCH3 is 1. The third-order valence-corrected chi connectivity index (χ3v) is 4.83. The summed E-state index contributed by atoms with van der Waals surface area (Å²) in [5.41, 5.74) is 7.18. The third kappa shape index (κ3) is 3.26. The molecule has 1 saturated carbocycles. The third-order valence-electron chi connectivity index (χ3n) is 4.83. The van der Waals surface area contributed by atoms with Gasteiger partial charge in [-0.15, -0.1) is 0 Å². The number of ether oxygens (including phenoxy) is 1. The number of para-hydroxylation sites is 2. The van der Waals surface area contributed by atoms with Crippen molar-refractivity contribution in [1.82, 2.24) is 0 Å². The first kappa shape index (κ1) is 15.2. The first-order valence-corrected chi connectivity index (χ1v) is 7.71. The highest BCUT2D eigenvalue weighted by atomic mass is 16.5. The number of rotatable bonds is 5. The van der Waals surface area contributed by atoms with Crippen LogP contribution in [0.2, 0.25) is 0 Å². The number of nitrogens with two attached hydrogens (primary N) is 1. The van der Waals surface area contributed by atoms with Crippen LogP contribution in [-0.4, -0.2) is 19.2 Å². The van der Waals surface area contributed by atoms with Gasteiger partial charge in [0.2, 0.25) is 0 Å². The SMILES string of the molecule is COc1ccccc1NC1(CN)CCC(C(C)C)CC1. The van der Waals surface area contributed by atoms with E-state index in [-0.39, 0.29) is 5.54 Å². The summed E-state index contributed by atoms with van der Waals surface area (Å²) in [6.45, 7) is 5.33. The average Bonchev–Trinajstić information content (AvgIpc) is 2.48. The molecule has 0 radical (unpaired) electrons. The van der Waals surface area contributed by atoms with E-state index in [1.54, 1.807) is 7.11 Å². The van der Waals surface area contributed by atoms with Crippen molar-refractivity contribution in [2.75, 3.05) is 19.0 Å². The van der Waals surface area contributed by atoms with Gasteiger partial charge in [0.25, 0.3) is 0 Å². The molecule has 3 nitrogen and oxygen atoms in total. The first-order chi connectivity index (χ1) is 9.60. The van der Waals surface area contributed by atoms with Gasteiger partial charge >= 0.3 is 0 Å².